The molecule has 0 aliphatic carbocycles. The first kappa shape index (κ1) is 16.0. The molecule has 2 N–H and O–H groups in total. The van der Waals surface area contributed by atoms with Crippen LogP contribution in [0.2, 0.25) is 0 Å². The molecule has 0 unspecified atom stereocenters. The van der Waals surface area contributed by atoms with Gasteiger partial charge in [0.1, 0.15) is 9.96 Å². The lowest BCUT2D eigenvalue weighted by Gasteiger charge is -2.08. The smallest absolute Gasteiger partial charge is 0.272 e. The number of carbonyl (C=O) groups excluding carboxylic acids is 1. The maximum absolute atomic E-state index is 11.7. The highest BCUT2D eigenvalue weighted by Crippen LogP contribution is 2.16. The molecule has 112 valence electrons. The van der Waals surface area contributed by atoms with Crippen LogP contribution in [0.25, 0.3) is 0 Å². The van der Waals surface area contributed by atoms with Crippen LogP contribution in [-0.4, -0.2) is 20.9 Å². The van der Waals surface area contributed by atoms with E-state index in [1.54, 1.807) is 35.7 Å². The highest BCUT2D eigenvalue weighted by atomic mass is 79.9. The van der Waals surface area contributed by atoms with Crippen molar-refractivity contribution >= 4 is 43.2 Å². The van der Waals surface area contributed by atoms with Crippen LogP contribution in [0.1, 0.15) is 0 Å². The normalized spacial score (nSPS) is 11.1. The van der Waals surface area contributed by atoms with Crippen LogP contribution in [0.5, 0.6) is 5.75 Å². The maximum Gasteiger partial charge on any atom is 0.272 e. The van der Waals surface area contributed by atoms with Crippen LogP contribution < -0.4 is 15.0 Å². The number of nitrogens with one attached hydrogen (secondary N) is 2. The largest absolute Gasteiger partial charge is 0.484 e. The number of amides is 1. The van der Waals surface area contributed by atoms with Crippen molar-refractivity contribution in [3.8, 4) is 5.75 Å². The summed E-state index contributed by atoms with van der Waals surface area (Å²) in [6.07, 6.45) is 0. The first-order valence-electron chi connectivity index (χ1n) is 5.70. The van der Waals surface area contributed by atoms with E-state index in [0.29, 0.717) is 5.75 Å². The third kappa shape index (κ3) is 4.81. The Kier molecular flexibility index (Phi) is 5.34. The first-order chi connectivity index (χ1) is 9.97. The number of hydrazine groups is 1. The molecule has 1 aromatic heterocycles. The molecule has 0 spiro atoms. The lowest BCUT2D eigenvalue weighted by atomic mass is 10.3. The van der Waals surface area contributed by atoms with Gasteiger partial charge in [-0.05, 0) is 35.7 Å². The molecule has 2 aromatic rings. The molecule has 0 fully saturated rings. The van der Waals surface area contributed by atoms with E-state index in [-0.39, 0.29) is 10.8 Å². The van der Waals surface area contributed by atoms with Gasteiger partial charge < -0.3 is 4.74 Å². The van der Waals surface area contributed by atoms with Gasteiger partial charge in [-0.1, -0.05) is 22.0 Å². The van der Waals surface area contributed by atoms with Gasteiger partial charge in [-0.15, -0.1) is 16.2 Å². The maximum atomic E-state index is 11.7. The monoisotopic (exact) mass is 390 g/mol. The van der Waals surface area contributed by atoms with Crippen LogP contribution >= 0.6 is 27.3 Å². The molecule has 0 radical (unpaired) electrons. The molecule has 0 atom stereocenters. The third-order valence-electron chi connectivity index (χ3n) is 2.27. The van der Waals surface area contributed by atoms with Gasteiger partial charge in [-0.25, -0.2) is 8.42 Å². The summed E-state index contributed by atoms with van der Waals surface area (Å²) in [6, 6.07) is 9.97. The van der Waals surface area contributed by atoms with Crippen molar-refractivity contribution in [2.45, 2.75) is 4.21 Å². The average molecular weight is 391 g/mol. The Bertz CT molecular complexity index is 699. The Hall–Kier alpha value is -1.42. The predicted molar refractivity (Wildman–Crippen MR) is 82.4 cm³/mol. The number of hydrogen-bond acceptors (Lipinski definition) is 5. The Morgan fingerprint density at radius 2 is 1.95 bits per heavy atom. The molecule has 0 saturated carbocycles. The summed E-state index contributed by atoms with van der Waals surface area (Å²) in [5, 5.41) is 1.63. The van der Waals surface area contributed by atoms with Gasteiger partial charge in [-0.2, -0.15) is 0 Å². The molecule has 1 heterocycles. The highest BCUT2D eigenvalue weighted by molar-refractivity contribution is 9.10. The molecule has 0 saturated heterocycles. The number of halogens is 1. The zero-order valence-electron chi connectivity index (χ0n) is 10.6. The highest BCUT2D eigenvalue weighted by Gasteiger charge is 2.15. The van der Waals surface area contributed by atoms with Gasteiger partial charge in [0, 0.05) is 4.47 Å². The number of ether oxygens (including phenoxy) is 1. The molecular weight excluding hydrogens is 380 g/mol. The topological polar surface area (TPSA) is 84.5 Å². The fraction of sp³-hybridized carbons (Fsp3) is 0.0833. The van der Waals surface area contributed by atoms with Gasteiger partial charge in [0.2, 0.25) is 0 Å². The van der Waals surface area contributed by atoms with E-state index in [9.17, 15) is 13.2 Å². The Morgan fingerprint density at radius 1 is 1.24 bits per heavy atom. The van der Waals surface area contributed by atoms with E-state index in [0.717, 1.165) is 15.8 Å². The summed E-state index contributed by atoms with van der Waals surface area (Å²) < 4.78 is 29.7. The zero-order valence-corrected chi connectivity index (χ0v) is 13.8. The summed E-state index contributed by atoms with van der Waals surface area (Å²) in [5.41, 5.74) is 2.09. The number of rotatable bonds is 6. The molecular formula is C12H11BrN2O4S2. The molecule has 21 heavy (non-hydrogen) atoms. The molecule has 0 aliphatic heterocycles. The van der Waals surface area contributed by atoms with E-state index in [1.165, 1.54) is 6.07 Å². The quantitative estimate of drug-likeness (QED) is 0.737. The van der Waals surface area contributed by atoms with E-state index in [2.05, 4.69) is 21.4 Å². The fourth-order valence-electron chi connectivity index (χ4n) is 1.31. The second-order valence-electron chi connectivity index (χ2n) is 3.83. The summed E-state index contributed by atoms with van der Waals surface area (Å²) in [5.74, 6) is -0.0903. The number of hydrogen-bond donors (Lipinski definition) is 2. The fourth-order valence-corrected chi connectivity index (χ4v) is 3.42. The van der Waals surface area contributed by atoms with E-state index in [1.807, 2.05) is 4.83 Å². The van der Waals surface area contributed by atoms with Crippen molar-refractivity contribution in [3.63, 3.8) is 0 Å². The van der Waals surface area contributed by atoms with Crippen molar-refractivity contribution in [2.75, 3.05) is 6.61 Å². The second-order valence-corrected chi connectivity index (χ2v) is 7.60. The van der Waals surface area contributed by atoms with Crippen molar-refractivity contribution in [2.24, 2.45) is 0 Å². The number of carbonyl (C=O) groups is 1. The van der Waals surface area contributed by atoms with Gasteiger partial charge in [0.25, 0.3) is 15.9 Å². The number of benzene rings is 1. The summed E-state index contributed by atoms with van der Waals surface area (Å²) >= 11 is 4.34. The molecule has 2 rings (SSSR count). The third-order valence-corrected chi connectivity index (χ3v) is 5.44. The summed E-state index contributed by atoms with van der Waals surface area (Å²) in [7, 11) is -3.73. The minimum Gasteiger partial charge on any atom is -0.484 e. The standard InChI is InChI=1S/C12H11BrN2O4S2/c13-9-3-5-10(6-4-9)19-8-11(16)14-15-21(17,18)12-2-1-7-20-12/h1-7,15H,8H2,(H,14,16). The number of sulfonamides is 1. The van der Waals surface area contributed by atoms with Crippen LogP contribution in [0.15, 0.2) is 50.5 Å². The van der Waals surface area contributed by atoms with Crippen LogP contribution in [0, 0.1) is 0 Å². The zero-order chi connectivity index (χ0) is 15.3. The van der Waals surface area contributed by atoms with Gasteiger partial charge >= 0.3 is 0 Å². The minimum absolute atomic E-state index is 0.122. The summed E-state index contributed by atoms with van der Waals surface area (Å²) in [4.78, 5) is 13.5. The van der Waals surface area contributed by atoms with Gasteiger partial charge in [0.15, 0.2) is 6.61 Å². The van der Waals surface area contributed by atoms with Crippen molar-refractivity contribution in [3.05, 3.63) is 46.3 Å². The van der Waals surface area contributed by atoms with Crippen LogP contribution in [-0.2, 0) is 14.8 Å². The molecule has 9 heteroatoms. The lowest BCUT2D eigenvalue weighted by molar-refractivity contribution is -0.123. The Balaban J connectivity index is 1.81. The van der Waals surface area contributed by atoms with Gasteiger partial charge in [-0.3, -0.25) is 10.2 Å². The van der Waals surface area contributed by atoms with Crippen molar-refractivity contribution in [1.29, 1.82) is 0 Å². The predicted octanol–water partition coefficient (Wildman–Crippen LogP) is 1.90. The first-order valence-corrected chi connectivity index (χ1v) is 8.85. The molecule has 0 bridgehead atoms. The summed E-state index contributed by atoms with van der Waals surface area (Å²) in [6.45, 7) is -0.297. The molecule has 1 amide bonds. The minimum atomic E-state index is -3.73. The van der Waals surface area contributed by atoms with E-state index < -0.39 is 15.9 Å². The van der Waals surface area contributed by atoms with E-state index in [4.69, 9.17) is 4.74 Å². The lowest BCUT2D eigenvalue weighted by Crippen LogP contribution is -2.43. The molecule has 0 aliphatic rings. The van der Waals surface area contributed by atoms with Crippen molar-refractivity contribution in [1.82, 2.24) is 10.3 Å². The SMILES string of the molecule is O=C(COc1ccc(Br)cc1)NNS(=O)(=O)c1cccs1. The molecule has 6 nitrogen and oxygen atoms in total. The molecule has 1 aromatic carbocycles. The number of thiophene rings is 1. The average Bonchev–Trinajstić information content (AvgIpc) is 3.00. The van der Waals surface area contributed by atoms with Crippen LogP contribution in [0.3, 0.4) is 0 Å². The van der Waals surface area contributed by atoms with Crippen LogP contribution in [0.4, 0.5) is 0 Å². The Labute approximate surface area is 134 Å². The Morgan fingerprint density at radius 3 is 2.57 bits per heavy atom. The second kappa shape index (κ2) is 7.03. The van der Waals surface area contributed by atoms with Crippen molar-refractivity contribution < 1.29 is 17.9 Å². The van der Waals surface area contributed by atoms with Gasteiger partial charge in [0.05, 0.1) is 0 Å². The van der Waals surface area contributed by atoms with E-state index >= 15 is 0 Å².